The summed E-state index contributed by atoms with van der Waals surface area (Å²) in [7, 11) is 0. The third-order valence-corrected chi connectivity index (χ3v) is 6.23. The molecular formula is C26H21N3O3S. The van der Waals surface area contributed by atoms with E-state index in [0.29, 0.717) is 21.9 Å². The van der Waals surface area contributed by atoms with Crippen molar-refractivity contribution in [2.45, 2.75) is 19.0 Å². The van der Waals surface area contributed by atoms with Gasteiger partial charge in [-0.05, 0) is 55.8 Å². The summed E-state index contributed by atoms with van der Waals surface area (Å²) < 4.78 is 7.38. The number of anilines is 1. The van der Waals surface area contributed by atoms with E-state index < -0.39 is 0 Å². The Morgan fingerprint density at radius 2 is 1.79 bits per heavy atom. The van der Waals surface area contributed by atoms with Crippen molar-refractivity contribution in [3.05, 3.63) is 94.3 Å². The Morgan fingerprint density at radius 3 is 2.58 bits per heavy atom. The van der Waals surface area contributed by atoms with Gasteiger partial charge in [-0.15, -0.1) is 0 Å². The van der Waals surface area contributed by atoms with Gasteiger partial charge in [0.1, 0.15) is 11.1 Å². The summed E-state index contributed by atoms with van der Waals surface area (Å²) >= 11 is 1.22. The maximum atomic E-state index is 13.5. The topological polar surface area (TPSA) is 77.1 Å². The van der Waals surface area contributed by atoms with Gasteiger partial charge >= 0.3 is 5.56 Å². The number of furan rings is 1. The Labute approximate surface area is 194 Å². The quantitative estimate of drug-likeness (QED) is 0.281. The zero-order valence-electron chi connectivity index (χ0n) is 18.2. The van der Waals surface area contributed by atoms with E-state index in [4.69, 9.17) is 9.40 Å². The number of fused-ring (bicyclic) bond motifs is 3. The summed E-state index contributed by atoms with van der Waals surface area (Å²) in [6.45, 7) is 3.96. The van der Waals surface area contributed by atoms with Crippen molar-refractivity contribution >= 4 is 45.4 Å². The highest BCUT2D eigenvalue weighted by Gasteiger charge is 2.19. The molecule has 0 aliphatic rings. The molecule has 0 unspecified atom stereocenters. The third-order valence-electron chi connectivity index (χ3n) is 5.29. The molecule has 5 rings (SSSR count). The first kappa shape index (κ1) is 21.0. The van der Waals surface area contributed by atoms with E-state index in [9.17, 15) is 9.59 Å². The summed E-state index contributed by atoms with van der Waals surface area (Å²) in [5.41, 5.74) is 4.54. The number of benzene rings is 3. The zero-order chi connectivity index (χ0) is 22.9. The highest BCUT2D eigenvalue weighted by atomic mass is 32.2. The lowest BCUT2D eigenvalue weighted by Gasteiger charge is -2.12. The van der Waals surface area contributed by atoms with Gasteiger partial charge in [-0.3, -0.25) is 14.2 Å². The molecule has 164 valence electrons. The molecule has 0 saturated carbocycles. The second-order valence-corrected chi connectivity index (χ2v) is 8.80. The summed E-state index contributed by atoms with van der Waals surface area (Å²) in [4.78, 5) is 30.9. The van der Waals surface area contributed by atoms with Crippen LogP contribution in [-0.4, -0.2) is 21.2 Å². The van der Waals surface area contributed by atoms with E-state index in [-0.39, 0.29) is 22.8 Å². The molecular weight excluding hydrogens is 434 g/mol. The Bertz CT molecular complexity index is 1550. The number of amides is 1. The first-order valence-electron chi connectivity index (χ1n) is 10.5. The number of hydrogen-bond donors (Lipinski definition) is 1. The number of rotatable bonds is 5. The second-order valence-electron chi connectivity index (χ2n) is 7.85. The summed E-state index contributed by atoms with van der Waals surface area (Å²) in [5, 5.41) is 4.10. The largest absolute Gasteiger partial charge is 0.448 e. The van der Waals surface area contributed by atoms with Gasteiger partial charge < -0.3 is 9.73 Å². The van der Waals surface area contributed by atoms with Crippen LogP contribution in [-0.2, 0) is 4.79 Å². The molecule has 33 heavy (non-hydrogen) atoms. The van der Waals surface area contributed by atoms with Crippen LogP contribution in [0.2, 0.25) is 0 Å². The van der Waals surface area contributed by atoms with Crippen LogP contribution in [0.5, 0.6) is 0 Å². The molecule has 1 amide bonds. The van der Waals surface area contributed by atoms with Crippen LogP contribution in [0.15, 0.2) is 87.2 Å². The van der Waals surface area contributed by atoms with Gasteiger partial charge in [0.05, 0.1) is 11.4 Å². The number of nitrogens with zero attached hydrogens (tertiary/aromatic N) is 2. The second kappa shape index (κ2) is 8.60. The molecule has 0 aliphatic heterocycles. The fourth-order valence-corrected chi connectivity index (χ4v) is 4.48. The summed E-state index contributed by atoms with van der Waals surface area (Å²) in [6.07, 6.45) is 0. The number of carbonyl (C=O) groups excluding carboxylic acids is 1. The van der Waals surface area contributed by atoms with Crippen LogP contribution in [0.1, 0.15) is 11.1 Å². The maximum Gasteiger partial charge on any atom is 0.302 e. The molecule has 1 N–H and O–H groups in total. The van der Waals surface area contributed by atoms with Gasteiger partial charge in [-0.1, -0.05) is 53.7 Å². The van der Waals surface area contributed by atoms with Crippen LogP contribution in [0.25, 0.3) is 27.8 Å². The molecule has 0 saturated heterocycles. The molecule has 6 nitrogen and oxygen atoms in total. The fourth-order valence-electron chi connectivity index (χ4n) is 3.68. The SMILES string of the molecule is Cc1ccc(NC(=O)CSc2nc3c(oc4ccccc43)c(=O)n2-c2cccc(C)c2)cc1. The monoisotopic (exact) mass is 455 g/mol. The normalized spacial score (nSPS) is 11.2. The van der Waals surface area contributed by atoms with Crippen LogP contribution >= 0.6 is 11.8 Å². The van der Waals surface area contributed by atoms with Crippen LogP contribution < -0.4 is 10.9 Å². The Balaban J connectivity index is 1.56. The number of nitrogens with one attached hydrogen (secondary N) is 1. The predicted molar refractivity (Wildman–Crippen MR) is 132 cm³/mol. The Hall–Kier alpha value is -3.84. The van der Waals surface area contributed by atoms with Crippen molar-refractivity contribution in [1.82, 2.24) is 9.55 Å². The average molecular weight is 456 g/mol. The number of aromatic nitrogens is 2. The smallest absolute Gasteiger partial charge is 0.302 e. The van der Waals surface area contributed by atoms with Gasteiger partial charge in [-0.25, -0.2) is 4.98 Å². The number of carbonyl (C=O) groups is 1. The molecule has 0 bridgehead atoms. The lowest BCUT2D eigenvalue weighted by molar-refractivity contribution is -0.113. The van der Waals surface area contributed by atoms with Gasteiger partial charge in [0, 0.05) is 11.1 Å². The zero-order valence-corrected chi connectivity index (χ0v) is 19.0. The molecule has 2 heterocycles. The third kappa shape index (κ3) is 4.15. The molecule has 3 aromatic carbocycles. The van der Waals surface area contributed by atoms with E-state index in [1.54, 1.807) is 0 Å². The molecule has 7 heteroatoms. The predicted octanol–water partition coefficient (Wildman–Crippen LogP) is 5.48. The number of aryl methyl sites for hydroxylation is 2. The van der Waals surface area contributed by atoms with E-state index in [0.717, 1.165) is 22.2 Å². The summed E-state index contributed by atoms with van der Waals surface area (Å²) in [5.74, 6) is -0.0704. The van der Waals surface area contributed by atoms with Crippen molar-refractivity contribution < 1.29 is 9.21 Å². The highest BCUT2D eigenvalue weighted by Crippen LogP contribution is 2.28. The lowest BCUT2D eigenvalue weighted by Crippen LogP contribution is -2.22. The minimum atomic E-state index is -0.303. The maximum absolute atomic E-state index is 13.5. The van der Waals surface area contributed by atoms with Gasteiger partial charge in [0.25, 0.3) is 0 Å². The van der Waals surface area contributed by atoms with Crippen LogP contribution in [0, 0.1) is 13.8 Å². The average Bonchev–Trinajstić information content (AvgIpc) is 3.18. The van der Waals surface area contributed by atoms with Crippen LogP contribution in [0.3, 0.4) is 0 Å². The van der Waals surface area contributed by atoms with Crippen molar-refractivity contribution in [2.75, 3.05) is 11.1 Å². The fraction of sp³-hybridized carbons (Fsp3) is 0.115. The molecule has 0 atom stereocenters. The molecule has 2 aromatic heterocycles. The number of thioether (sulfide) groups is 1. The van der Waals surface area contributed by atoms with E-state index in [1.807, 2.05) is 86.6 Å². The minimum Gasteiger partial charge on any atom is -0.448 e. The van der Waals surface area contributed by atoms with Crippen LogP contribution in [0.4, 0.5) is 5.69 Å². The molecule has 0 radical (unpaired) electrons. The molecule has 5 aromatic rings. The van der Waals surface area contributed by atoms with E-state index >= 15 is 0 Å². The van der Waals surface area contributed by atoms with E-state index in [2.05, 4.69) is 5.32 Å². The van der Waals surface area contributed by atoms with E-state index in [1.165, 1.54) is 16.3 Å². The van der Waals surface area contributed by atoms with Gasteiger partial charge in [0.2, 0.25) is 11.5 Å². The minimum absolute atomic E-state index is 0.105. The number of para-hydroxylation sites is 1. The first-order chi connectivity index (χ1) is 16.0. The first-order valence-corrected chi connectivity index (χ1v) is 11.5. The van der Waals surface area contributed by atoms with Crippen molar-refractivity contribution in [2.24, 2.45) is 0 Å². The number of hydrogen-bond acceptors (Lipinski definition) is 5. The standard InChI is InChI=1S/C26H21N3O3S/c1-16-10-12-18(13-11-16)27-22(30)15-33-26-28-23-20-8-3-4-9-21(20)32-24(23)25(31)29(26)19-7-5-6-17(2)14-19/h3-14H,15H2,1-2H3,(H,27,30). The molecule has 0 fully saturated rings. The van der Waals surface area contributed by atoms with Crippen molar-refractivity contribution in [3.63, 3.8) is 0 Å². The lowest BCUT2D eigenvalue weighted by atomic mass is 10.2. The molecule has 0 aliphatic carbocycles. The van der Waals surface area contributed by atoms with Gasteiger partial charge in [-0.2, -0.15) is 0 Å². The van der Waals surface area contributed by atoms with Gasteiger partial charge in [0.15, 0.2) is 5.16 Å². The Kier molecular flexibility index (Phi) is 5.48. The highest BCUT2D eigenvalue weighted by molar-refractivity contribution is 7.99. The summed E-state index contributed by atoms with van der Waals surface area (Å²) in [6, 6.07) is 22.7. The van der Waals surface area contributed by atoms with Crippen molar-refractivity contribution in [1.29, 1.82) is 0 Å². The Morgan fingerprint density at radius 1 is 1.00 bits per heavy atom. The molecule has 0 spiro atoms. The van der Waals surface area contributed by atoms with Crippen molar-refractivity contribution in [3.8, 4) is 5.69 Å².